The van der Waals surface area contributed by atoms with Gasteiger partial charge in [0.2, 0.25) is 5.91 Å². The molecule has 36 heavy (non-hydrogen) atoms. The summed E-state index contributed by atoms with van der Waals surface area (Å²) >= 11 is 0. The quantitative estimate of drug-likeness (QED) is 0.597. The van der Waals surface area contributed by atoms with Crippen LogP contribution in [-0.2, 0) is 10.4 Å². The molecule has 0 spiro atoms. The molecule has 3 aromatic rings. The molecular formula is C28H30F2N4O2. The molecule has 0 unspecified atom stereocenters. The molecule has 3 heterocycles. The first-order chi connectivity index (χ1) is 17.3. The van der Waals surface area contributed by atoms with Gasteiger partial charge < -0.3 is 14.9 Å². The summed E-state index contributed by atoms with van der Waals surface area (Å²) in [6.07, 6.45) is 1.57. The van der Waals surface area contributed by atoms with Crippen molar-refractivity contribution in [3.63, 3.8) is 0 Å². The number of benzene rings is 2. The van der Waals surface area contributed by atoms with E-state index < -0.39 is 29.1 Å². The molecule has 6 nitrogen and oxygen atoms in total. The summed E-state index contributed by atoms with van der Waals surface area (Å²) in [6.45, 7) is 5.40. The number of aromatic nitrogens is 2. The number of amides is 1. The number of carbonyl (C=O) groups is 1. The van der Waals surface area contributed by atoms with Crippen LogP contribution >= 0.6 is 0 Å². The van der Waals surface area contributed by atoms with Crippen LogP contribution in [0.3, 0.4) is 0 Å². The molecule has 2 fully saturated rings. The standard InChI is InChI=1S/C28H30F2N4O2/c1-18-14-34(15-19(2)28(18,36)20-7-4-3-5-8-20)27(35)24-17-33(26-9-6-12-31-32-26)16-23(24)22-11-10-21(29)13-25(22)30/h3-13,18-19,23-24,36H,14-17H2,1-2H3/t18-,19+,23-,24+,28-/m0/s1. The van der Waals surface area contributed by atoms with Crippen molar-refractivity contribution >= 4 is 11.7 Å². The Labute approximate surface area is 209 Å². The van der Waals surface area contributed by atoms with Crippen molar-refractivity contribution in [1.82, 2.24) is 15.1 Å². The summed E-state index contributed by atoms with van der Waals surface area (Å²) in [5, 5.41) is 19.8. The highest BCUT2D eigenvalue weighted by Crippen LogP contribution is 2.43. The summed E-state index contributed by atoms with van der Waals surface area (Å²) in [7, 11) is 0. The minimum atomic E-state index is -1.05. The first-order valence-corrected chi connectivity index (χ1v) is 12.3. The van der Waals surface area contributed by atoms with E-state index in [0.29, 0.717) is 37.6 Å². The predicted octanol–water partition coefficient (Wildman–Crippen LogP) is 3.98. The average molecular weight is 493 g/mol. The Hall–Kier alpha value is -3.39. The molecule has 1 amide bonds. The number of anilines is 1. The lowest BCUT2D eigenvalue weighted by atomic mass is 9.70. The molecule has 2 saturated heterocycles. The van der Waals surface area contributed by atoms with Crippen molar-refractivity contribution in [1.29, 1.82) is 0 Å². The van der Waals surface area contributed by atoms with Crippen LogP contribution in [0.1, 0.15) is 30.9 Å². The summed E-state index contributed by atoms with van der Waals surface area (Å²) in [5.74, 6) is -2.21. The normalized spacial score (nSPS) is 28.4. The van der Waals surface area contributed by atoms with Crippen LogP contribution in [0.25, 0.3) is 0 Å². The molecule has 0 bridgehead atoms. The zero-order chi connectivity index (χ0) is 25.4. The molecule has 0 radical (unpaired) electrons. The summed E-state index contributed by atoms with van der Waals surface area (Å²) in [4.78, 5) is 17.7. The van der Waals surface area contributed by atoms with E-state index in [4.69, 9.17) is 0 Å². The van der Waals surface area contributed by atoms with Gasteiger partial charge in [-0.2, -0.15) is 5.10 Å². The van der Waals surface area contributed by atoms with E-state index >= 15 is 0 Å². The number of carbonyl (C=O) groups excluding carboxylic acids is 1. The third-order valence-corrected chi connectivity index (χ3v) is 7.92. The average Bonchev–Trinajstić information content (AvgIpc) is 3.32. The summed E-state index contributed by atoms with van der Waals surface area (Å²) < 4.78 is 28.5. The minimum absolute atomic E-state index is 0.0936. The van der Waals surface area contributed by atoms with E-state index in [0.717, 1.165) is 11.6 Å². The summed E-state index contributed by atoms with van der Waals surface area (Å²) in [5.41, 5.74) is 0.111. The first kappa shape index (κ1) is 24.3. The highest BCUT2D eigenvalue weighted by molar-refractivity contribution is 5.82. The third kappa shape index (κ3) is 4.23. The van der Waals surface area contributed by atoms with E-state index in [1.165, 1.54) is 12.1 Å². The number of rotatable bonds is 4. The molecule has 2 aliphatic heterocycles. The second-order valence-electron chi connectivity index (χ2n) is 10.1. The van der Waals surface area contributed by atoms with Gasteiger partial charge in [0.05, 0.1) is 11.5 Å². The van der Waals surface area contributed by atoms with Crippen molar-refractivity contribution in [2.75, 3.05) is 31.1 Å². The molecular weight excluding hydrogens is 462 g/mol. The molecule has 2 aromatic carbocycles. The zero-order valence-corrected chi connectivity index (χ0v) is 20.4. The molecule has 2 aliphatic rings. The maximum atomic E-state index is 14.9. The van der Waals surface area contributed by atoms with Gasteiger partial charge in [-0.3, -0.25) is 4.79 Å². The van der Waals surface area contributed by atoms with Gasteiger partial charge >= 0.3 is 0 Å². The fourth-order valence-corrected chi connectivity index (χ4v) is 6.01. The Morgan fingerprint density at radius 1 is 0.972 bits per heavy atom. The largest absolute Gasteiger partial charge is 0.384 e. The monoisotopic (exact) mass is 492 g/mol. The topological polar surface area (TPSA) is 69.6 Å². The van der Waals surface area contributed by atoms with E-state index in [2.05, 4.69) is 10.2 Å². The first-order valence-electron chi connectivity index (χ1n) is 12.3. The Bertz CT molecular complexity index is 1210. The number of hydrogen-bond acceptors (Lipinski definition) is 5. The van der Waals surface area contributed by atoms with Crippen LogP contribution < -0.4 is 4.90 Å². The molecule has 1 N–H and O–H groups in total. The predicted molar refractivity (Wildman–Crippen MR) is 132 cm³/mol. The van der Waals surface area contributed by atoms with Gasteiger partial charge in [-0.15, -0.1) is 5.10 Å². The van der Waals surface area contributed by atoms with Crippen LogP contribution in [0.15, 0.2) is 66.9 Å². The zero-order valence-electron chi connectivity index (χ0n) is 20.4. The van der Waals surface area contributed by atoms with Crippen LogP contribution in [0.2, 0.25) is 0 Å². The van der Waals surface area contributed by atoms with Gasteiger partial charge in [0.15, 0.2) is 5.82 Å². The van der Waals surface area contributed by atoms with Gasteiger partial charge in [0.25, 0.3) is 0 Å². The van der Waals surface area contributed by atoms with E-state index in [9.17, 15) is 18.7 Å². The Morgan fingerprint density at radius 2 is 1.69 bits per heavy atom. The van der Waals surface area contributed by atoms with E-state index in [1.54, 1.807) is 17.2 Å². The number of aliphatic hydroxyl groups is 1. The number of hydrogen-bond donors (Lipinski definition) is 1. The van der Waals surface area contributed by atoms with Gasteiger partial charge in [0, 0.05) is 56.2 Å². The van der Waals surface area contributed by atoms with E-state index in [1.807, 2.05) is 55.1 Å². The smallest absolute Gasteiger partial charge is 0.228 e. The van der Waals surface area contributed by atoms with Crippen LogP contribution in [0.5, 0.6) is 0 Å². The van der Waals surface area contributed by atoms with Gasteiger partial charge in [-0.1, -0.05) is 50.2 Å². The lowest BCUT2D eigenvalue weighted by Crippen LogP contribution is -2.57. The molecule has 1 aromatic heterocycles. The lowest BCUT2D eigenvalue weighted by molar-refractivity contribution is -0.152. The van der Waals surface area contributed by atoms with E-state index in [-0.39, 0.29) is 17.7 Å². The molecule has 0 aliphatic carbocycles. The number of likely N-dealkylation sites (tertiary alicyclic amines) is 1. The van der Waals surface area contributed by atoms with Crippen LogP contribution in [0.4, 0.5) is 14.6 Å². The van der Waals surface area contributed by atoms with Crippen molar-refractivity contribution in [2.45, 2.75) is 25.4 Å². The van der Waals surface area contributed by atoms with Gasteiger partial charge in [0.1, 0.15) is 11.6 Å². The van der Waals surface area contributed by atoms with Crippen molar-refractivity contribution < 1.29 is 18.7 Å². The maximum Gasteiger partial charge on any atom is 0.228 e. The molecule has 0 saturated carbocycles. The summed E-state index contributed by atoms with van der Waals surface area (Å²) in [6, 6.07) is 16.7. The van der Waals surface area contributed by atoms with Crippen molar-refractivity contribution in [3.05, 3.63) is 89.6 Å². The Kier molecular flexibility index (Phi) is 6.47. The molecule has 5 rings (SSSR count). The highest BCUT2D eigenvalue weighted by atomic mass is 19.1. The molecule has 188 valence electrons. The number of halogens is 2. The molecule has 5 atom stereocenters. The highest BCUT2D eigenvalue weighted by Gasteiger charge is 2.49. The fourth-order valence-electron chi connectivity index (χ4n) is 6.01. The fraction of sp³-hybridized carbons (Fsp3) is 0.393. The van der Waals surface area contributed by atoms with Crippen molar-refractivity contribution in [3.8, 4) is 0 Å². The number of piperidine rings is 1. The SMILES string of the molecule is C[C@@H]1CN(C(=O)[C@@H]2CN(c3cccnn3)C[C@H]2c2ccc(F)cc2F)C[C@H](C)[C@@]1(O)c1ccccc1. The third-order valence-electron chi connectivity index (χ3n) is 7.92. The second-order valence-corrected chi connectivity index (χ2v) is 10.1. The van der Waals surface area contributed by atoms with Crippen LogP contribution in [0, 0.1) is 29.4 Å². The lowest BCUT2D eigenvalue weighted by Gasteiger charge is -2.48. The van der Waals surface area contributed by atoms with Crippen LogP contribution in [-0.4, -0.2) is 52.3 Å². The van der Waals surface area contributed by atoms with Crippen molar-refractivity contribution in [2.24, 2.45) is 17.8 Å². The maximum absolute atomic E-state index is 14.9. The Morgan fingerprint density at radius 3 is 2.33 bits per heavy atom. The second kappa shape index (κ2) is 9.58. The minimum Gasteiger partial charge on any atom is -0.384 e. The number of nitrogens with zero attached hydrogens (tertiary/aromatic N) is 4. The Balaban J connectivity index is 1.43. The molecule has 8 heteroatoms. The van der Waals surface area contributed by atoms with Gasteiger partial charge in [-0.25, -0.2) is 8.78 Å². The van der Waals surface area contributed by atoms with Gasteiger partial charge in [-0.05, 0) is 29.3 Å².